The second-order valence-electron chi connectivity index (χ2n) is 8.51. The van der Waals surface area contributed by atoms with E-state index in [0.29, 0.717) is 29.2 Å². The summed E-state index contributed by atoms with van der Waals surface area (Å²) < 4.78 is 16.5. The van der Waals surface area contributed by atoms with Crippen LogP contribution in [0, 0.1) is 56.7 Å². The first-order valence-electron chi connectivity index (χ1n) is 11.7. The second kappa shape index (κ2) is 10.9. The summed E-state index contributed by atoms with van der Waals surface area (Å²) in [6.07, 6.45) is 3.10. The lowest BCUT2D eigenvalue weighted by Crippen LogP contribution is -2.53. The number of ether oxygens (including phenoxy) is 3. The van der Waals surface area contributed by atoms with E-state index >= 15 is 0 Å². The number of methoxy groups -OCH3 is 1. The summed E-state index contributed by atoms with van der Waals surface area (Å²) in [6.45, 7) is 4.89. The summed E-state index contributed by atoms with van der Waals surface area (Å²) in [4.78, 5) is 14.0. The van der Waals surface area contributed by atoms with Crippen molar-refractivity contribution in [3.05, 3.63) is 35.4 Å². The zero-order valence-corrected chi connectivity index (χ0v) is 20.2. The Morgan fingerprint density at radius 1 is 1.23 bits per heavy atom. The zero-order chi connectivity index (χ0) is 25.6. The maximum absolute atomic E-state index is 12.5. The van der Waals surface area contributed by atoms with Crippen molar-refractivity contribution in [1.82, 2.24) is 4.90 Å². The highest BCUT2D eigenvalue weighted by Gasteiger charge is 2.58. The summed E-state index contributed by atoms with van der Waals surface area (Å²) in [5, 5.41) is 39.1. The molecule has 35 heavy (non-hydrogen) atoms. The van der Waals surface area contributed by atoms with Crippen molar-refractivity contribution < 1.29 is 19.0 Å². The van der Waals surface area contributed by atoms with Gasteiger partial charge in [0.15, 0.2) is 16.9 Å². The summed E-state index contributed by atoms with van der Waals surface area (Å²) in [6, 6.07) is 11.4. The number of hydrogen-bond donors (Lipinski definition) is 1. The average molecular weight is 476 g/mol. The molecule has 1 N–H and O–H groups in total. The van der Waals surface area contributed by atoms with E-state index < -0.39 is 29.3 Å². The van der Waals surface area contributed by atoms with E-state index in [1.807, 2.05) is 0 Å². The molecule has 1 saturated carbocycles. The van der Waals surface area contributed by atoms with Gasteiger partial charge in [-0.3, -0.25) is 0 Å². The van der Waals surface area contributed by atoms with Crippen molar-refractivity contribution in [2.75, 3.05) is 33.4 Å². The van der Waals surface area contributed by atoms with E-state index in [-0.39, 0.29) is 25.4 Å². The quantitative estimate of drug-likeness (QED) is 0.460. The molecule has 182 valence electrons. The fourth-order valence-corrected chi connectivity index (χ4v) is 4.87. The Labute approximate surface area is 205 Å². The standard InChI is InChI=1S/C26H29N5O4/c1-4-6-11-35-21-8-7-17(12-22(21)33-3)23-20-14-31(25(32)34-5-2)10-9-18(20)19(13-27)24(30)26(23,15-28)16-29/h7-9,12,19-20,23,30H,4-6,10-11,14H2,1-3H3/t19-,20-,23+/m1/s1. The molecule has 3 rings (SSSR count). The largest absolute Gasteiger partial charge is 0.493 e. The molecule has 3 atom stereocenters. The number of nitrogens with zero attached hydrogens (tertiary/aromatic N) is 4. The molecule has 2 aliphatic rings. The Bertz CT molecular complexity index is 1130. The van der Waals surface area contributed by atoms with Gasteiger partial charge in [-0.2, -0.15) is 15.8 Å². The first-order chi connectivity index (χ1) is 16.9. The molecule has 0 spiro atoms. The molecule has 9 heteroatoms. The van der Waals surface area contributed by atoms with E-state index in [4.69, 9.17) is 19.6 Å². The Morgan fingerprint density at radius 3 is 2.57 bits per heavy atom. The molecular weight excluding hydrogens is 446 g/mol. The first-order valence-corrected chi connectivity index (χ1v) is 11.7. The van der Waals surface area contributed by atoms with Crippen LogP contribution in [-0.4, -0.2) is 50.1 Å². The maximum atomic E-state index is 12.5. The van der Waals surface area contributed by atoms with Crippen LogP contribution >= 0.6 is 0 Å². The predicted octanol–water partition coefficient (Wildman–Crippen LogP) is 4.18. The van der Waals surface area contributed by atoms with Crippen LogP contribution < -0.4 is 9.47 Å². The number of rotatable bonds is 7. The van der Waals surface area contributed by atoms with Crippen molar-refractivity contribution in [2.24, 2.45) is 17.3 Å². The van der Waals surface area contributed by atoms with E-state index in [1.165, 1.54) is 12.0 Å². The van der Waals surface area contributed by atoms with Crippen LogP contribution in [-0.2, 0) is 4.74 Å². The fraction of sp³-hybridized carbons (Fsp3) is 0.500. The highest BCUT2D eigenvalue weighted by atomic mass is 16.6. The zero-order valence-electron chi connectivity index (χ0n) is 20.2. The molecule has 0 unspecified atom stereocenters. The van der Waals surface area contributed by atoms with Gasteiger partial charge in [-0.15, -0.1) is 0 Å². The third-order valence-corrected chi connectivity index (χ3v) is 6.62. The first kappa shape index (κ1) is 25.6. The van der Waals surface area contributed by atoms with Crippen molar-refractivity contribution in [2.45, 2.75) is 32.6 Å². The molecular formula is C26H29N5O4. The van der Waals surface area contributed by atoms with Crippen molar-refractivity contribution in [1.29, 1.82) is 21.2 Å². The Hall–Kier alpha value is -4.03. The Kier molecular flexibility index (Phi) is 7.99. The van der Waals surface area contributed by atoms with Crippen LogP contribution in [0.3, 0.4) is 0 Å². The molecule has 1 aromatic carbocycles. The molecule has 0 saturated heterocycles. The third kappa shape index (κ3) is 4.53. The van der Waals surface area contributed by atoms with E-state index in [9.17, 15) is 20.6 Å². The third-order valence-electron chi connectivity index (χ3n) is 6.62. The number of benzene rings is 1. The lowest BCUT2D eigenvalue weighted by atomic mass is 9.54. The van der Waals surface area contributed by atoms with Crippen LogP contribution in [0.5, 0.6) is 11.5 Å². The molecule has 0 radical (unpaired) electrons. The monoisotopic (exact) mass is 475 g/mol. The predicted molar refractivity (Wildman–Crippen MR) is 127 cm³/mol. The van der Waals surface area contributed by atoms with E-state index in [1.54, 1.807) is 31.2 Å². The number of nitriles is 3. The minimum atomic E-state index is -1.89. The summed E-state index contributed by atoms with van der Waals surface area (Å²) in [5.74, 6) is -1.38. The molecule has 1 fully saturated rings. The van der Waals surface area contributed by atoms with Gasteiger partial charge in [-0.05, 0) is 36.6 Å². The molecule has 1 amide bonds. The van der Waals surface area contributed by atoms with Crippen molar-refractivity contribution in [3.8, 4) is 29.7 Å². The van der Waals surface area contributed by atoms with Gasteiger partial charge in [-0.1, -0.05) is 25.5 Å². The van der Waals surface area contributed by atoms with Crippen LogP contribution in [0.2, 0.25) is 0 Å². The van der Waals surface area contributed by atoms with Gasteiger partial charge < -0.3 is 24.5 Å². The topological polar surface area (TPSA) is 143 Å². The lowest BCUT2D eigenvalue weighted by molar-refractivity contribution is 0.0992. The van der Waals surface area contributed by atoms with Crippen LogP contribution in [0.25, 0.3) is 0 Å². The van der Waals surface area contributed by atoms with Gasteiger partial charge in [0.2, 0.25) is 0 Å². The van der Waals surface area contributed by atoms with Gasteiger partial charge in [0.25, 0.3) is 0 Å². The number of nitrogens with one attached hydrogen (secondary N) is 1. The van der Waals surface area contributed by atoms with Gasteiger partial charge in [-0.25, -0.2) is 4.79 Å². The molecule has 0 bridgehead atoms. The Morgan fingerprint density at radius 2 is 1.97 bits per heavy atom. The number of fused-ring (bicyclic) bond motifs is 1. The van der Waals surface area contributed by atoms with Gasteiger partial charge >= 0.3 is 6.09 Å². The molecule has 1 aliphatic heterocycles. The van der Waals surface area contributed by atoms with Crippen molar-refractivity contribution in [3.63, 3.8) is 0 Å². The minimum absolute atomic E-state index is 0.156. The number of unbranched alkanes of at least 4 members (excludes halogenated alkanes) is 1. The van der Waals surface area contributed by atoms with E-state index in [2.05, 4.69) is 25.1 Å². The normalized spacial score (nSPS) is 22.5. The van der Waals surface area contributed by atoms with Crippen LogP contribution in [0.15, 0.2) is 29.8 Å². The molecule has 1 aliphatic carbocycles. The average Bonchev–Trinajstić information content (AvgIpc) is 2.88. The van der Waals surface area contributed by atoms with Gasteiger partial charge in [0.1, 0.15) is 5.92 Å². The number of hydrogen-bond acceptors (Lipinski definition) is 8. The van der Waals surface area contributed by atoms with Crippen LogP contribution in [0.4, 0.5) is 4.79 Å². The smallest absolute Gasteiger partial charge is 0.410 e. The highest BCUT2D eigenvalue weighted by Crippen LogP contribution is 2.54. The van der Waals surface area contributed by atoms with Crippen molar-refractivity contribution >= 4 is 11.8 Å². The van der Waals surface area contributed by atoms with Gasteiger partial charge in [0.05, 0.1) is 44.2 Å². The molecule has 9 nitrogen and oxygen atoms in total. The van der Waals surface area contributed by atoms with E-state index in [0.717, 1.165) is 12.8 Å². The maximum Gasteiger partial charge on any atom is 0.410 e. The molecule has 1 heterocycles. The SMILES string of the molecule is CCCCOc1ccc([C@H]2[C@@H]3CN(C(=O)OCC)CC=C3[C@@H](C#N)C(=N)C2(C#N)C#N)cc1OC. The number of carbonyl (C=O) groups excluding carboxylic acids is 1. The summed E-state index contributed by atoms with van der Waals surface area (Å²) in [7, 11) is 1.51. The van der Waals surface area contributed by atoms with Crippen LogP contribution in [0.1, 0.15) is 38.2 Å². The number of amides is 1. The molecule has 1 aromatic rings. The van der Waals surface area contributed by atoms with Gasteiger partial charge in [0, 0.05) is 24.9 Å². The summed E-state index contributed by atoms with van der Waals surface area (Å²) in [5.41, 5.74) is -0.901. The highest BCUT2D eigenvalue weighted by molar-refractivity contribution is 6.01. The summed E-state index contributed by atoms with van der Waals surface area (Å²) >= 11 is 0. The Balaban J connectivity index is 2.15. The number of carbonyl (C=O) groups is 1. The fourth-order valence-electron chi connectivity index (χ4n) is 4.87. The lowest BCUT2D eigenvalue weighted by Gasteiger charge is -2.47. The second-order valence-corrected chi connectivity index (χ2v) is 8.51. The molecule has 0 aromatic heterocycles. The minimum Gasteiger partial charge on any atom is -0.493 e.